The van der Waals surface area contributed by atoms with Gasteiger partial charge < -0.3 is 16.4 Å². The summed E-state index contributed by atoms with van der Waals surface area (Å²) in [5, 5.41) is 7.03. The number of carbonyl (C=O) groups is 1. The number of hydrogen-bond acceptors (Lipinski definition) is 5. The molecule has 0 bridgehead atoms. The molecular formula is C15H26N4OS. The minimum atomic E-state index is -0.0800. The maximum absolute atomic E-state index is 12.4. The van der Waals surface area contributed by atoms with E-state index < -0.39 is 0 Å². The molecule has 6 heteroatoms. The molecule has 2 unspecified atom stereocenters. The molecule has 118 valence electrons. The SMILES string of the molecule is CCC1CCCC(NC(=O)c2sc(NC(C)C)nc2N)C1. The lowest BCUT2D eigenvalue weighted by molar-refractivity contribution is 0.0924. The van der Waals surface area contributed by atoms with Crippen molar-refractivity contribution < 1.29 is 4.79 Å². The third kappa shape index (κ3) is 4.33. The molecule has 0 saturated heterocycles. The molecule has 1 saturated carbocycles. The highest BCUT2D eigenvalue weighted by Crippen LogP contribution is 2.29. The number of thiazole rings is 1. The number of carbonyl (C=O) groups excluding carboxylic acids is 1. The Labute approximate surface area is 130 Å². The van der Waals surface area contributed by atoms with Crippen LogP contribution in [0.25, 0.3) is 0 Å². The van der Waals surface area contributed by atoms with Gasteiger partial charge in [0.2, 0.25) is 0 Å². The van der Waals surface area contributed by atoms with Gasteiger partial charge in [0.15, 0.2) is 5.13 Å². The standard InChI is InChI=1S/C15H26N4OS/c1-4-10-6-5-7-11(8-10)18-14(20)12-13(16)19-15(21-12)17-9(2)3/h9-11H,4-8,16H2,1-3H3,(H,17,19)(H,18,20). The molecule has 0 aromatic carbocycles. The zero-order valence-corrected chi connectivity index (χ0v) is 13.9. The van der Waals surface area contributed by atoms with E-state index >= 15 is 0 Å². The molecule has 1 heterocycles. The Kier molecular flexibility index (Phi) is 5.45. The summed E-state index contributed by atoms with van der Waals surface area (Å²) in [5.41, 5.74) is 5.88. The van der Waals surface area contributed by atoms with Crippen LogP contribution in [0, 0.1) is 5.92 Å². The predicted octanol–water partition coefficient (Wildman–Crippen LogP) is 3.24. The number of nitrogen functional groups attached to an aromatic ring is 1. The molecule has 1 aliphatic rings. The minimum Gasteiger partial charge on any atom is -0.382 e. The molecule has 0 aliphatic heterocycles. The largest absolute Gasteiger partial charge is 0.382 e. The molecule has 21 heavy (non-hydrogen) atoms. The zero-order valence-electron chi connectivity index (χ0n) is 13.1. The summed E-state index contributed by atoms with van der Waals surface area (Å²) in [6, 6.07) is 0.550. The van der Waals surface area contributed by atoms with E-state index in [2.05, 4.69) is 22.5 Å². The van der Waals surface area contributed by atoms with Crippen LogP contribution in [-0.2, 0) is 0 Å². The summed E-state index contributed by atoms with van der Waals surface area (Å²) in [6.07, 6.45) is 5.82. The highest BCUT2D eigenvalue weighted by molar-refractivity contribution is 7.18. The normalized spacial score (nSPS) is 22.3. The quantitative estimate of drug-likeness (QED) is 0.780. The van der Waals surface area contributed by atoms with Crippen LogP contribution in [0.2, 0.25) is 0 Å². The van der Waals surface area contributed by atoms with E-state index in [1.54, 1.807) is 0 Å². The Hall–Kier alpha value is -1.30. The Morgan fingerprint density at radius 1 is 1.48 bits per heavy atom. The Morgan fingerprint density at radius 3 is 2.90 bits per heavy atom. The number of rotatable bonds is 5. The number of hydrogen-bond donors (Lipinski definition) is 3. The Morgan fingerprint density at radius 2 is 2.24 bits per heavy atom. The van der Waals surface area contributed by atoms with E-state index in [4.69, 9.17) is 5.73 Å². The van der Waals surface area contributed by atoms with E-state index in [9.17, 15) is 4.79 Å². The van der Waals surface area contributed by atoms with E-state index in [-0.39, 0.29) is 18.0 Å². The third-order valence-corrected chi connectivity index (χ3v) is 4.97. The topological polar surface area (TPSA) is 80.0 Å². The number of amides is 1. The number of nitrogens with zero attached hydrogens (tertiary/aromatic N) is 1. The average Bonchev–Trinajstić information content (AvgIpc) is 2.79. The number of anilines is 2. The van der Waals surface area contributed by atoms with Crippen LogP contribution in [-0.4, -0.2) is 23.0 Å². The fraction of sp³-hybridized carbons (Fsp3) is 0.733. The monoisotopic (exact) mass is 310 g/mol. The Balaban J connectivity index is 1.98. The van der Waals surface area contributed by atoms with Crippen molar-refractivity contribution in [2.75, 3.05) is 11.1 Å². The van der Waals surface area contributed by atoms with Gasteiger partial charge in [-0.05, 0) is 32.6 Å². The molecule has 1 fully saturated rings. The summed E-state index contributed by atoms with van der Waals surface area (Å²) in [6.45, 7) is 6.29. The molecule has 1 aromatic heterocycles. The Bertz CT molecular complexity index is 486. The van der Waals surface area contributed by atoms with Crippen molar-refractivity contribution in [1.29, 1.82) is 0 Å². The van der Waals surface area contributed by atoms with Crippen LogP contribution < -0.4 is 16.4 Å². The minimum absolute atomic E-state index is 0.0800. The van der Waals surface area contributed by atoms with Gasteiger partial charge in [0, 0.05) is 12.1 Å². The molecule has 1 amide bonds. The number of aromatic nitrogens is 1. The first-order chi connectivity index (χ1) is 9.99. The lowest BCUT2D eigenvalue weighted by Gasteiger charge is -2.28. The van der Waals surface area contributed by atoms with Crippen molar-refractivity contribution in [3.05, 3.63) is 4.88 Å². The summed E-state index contributed by atoms with van der Waals surface area (Å²) in [7, 11) is 0. The zero-order chi connectivity index (χ0) is 15.4. The molecular weight excluding hydrogens is 284 g/mol. The first-order valence-electron chi connectivity index (χ1n) is 7.83. The molecule has 1 aliphatic carbocycles. The van der Waals surface area contributed by atoms with Crippen molar-refractivity contribution in [2.45, 2.75) is 65.0 Å². The molecule has 4 N–H and O–H groups in total. The van der Waals surface area contributed by atoms with Crippen molar-refractivity contribution in [2.24, 2.45) is 5.92 Å². The van der Waals surface area contributed by atoms with Crippen LogP contribution in [0.1, 0.15) is 62.5 Å². The highest BCUT2D eigenvalue weighted by Gasteiger charge is 2.24. The van der Waals surface area contributed by atoms with Crippen LogP contribution in [0.15, 0.2) is 0 Å². The second-order valence-electron chi connectivity index (χ2n) is 6.14. The van der Waals surface area contributed by atoms with Gasteiger partial charge in [-0.3, -0.25) is 4.79 Å². The van der Waals surface area contributed by atoms with Gasteiger partial charge >= 0.3 is 0 Å². The van der Waals surface area contributed by atoms with E-state index in [1.165, 1.54) is 30.6 Å². The summed E-state index contributed by atoms with van der Waals surface area (Å²) in [5.74, 6) is 0.980. The van der Waals surface area contributed by atoms with Crippen LogP contribution in [0.4, 0.5) is 10.9 Å². The highest BCUT2D eigenvalue weighted by atomic mass is 32.1. The predicted molar refractivity (Wildman–Crippen MR) is 88.8 cm³/mol. The van der Waals surface area contributed by atoms with E-state index in [0.717, 1.165) is 18.8 Å². The van der Waals surface area contributed by atoms with E-state index in [1.807, 2.05) is 13.8 Å². The second kappa shape index (κ2) is 7.11. The van der Waals surface area contributed by atoms with Crippen molar-refractivity contribution in [1.82, 2.24) is 10.3 Å². The molecule has 2 rings (SSSR count). The van der Waals surface area contributed by atoms with Gasteiger partial charge in [0.25, 0.3) is 5.91 Å². The fourth-order valence-corrected chi connectivity index (χ4v) is 3.78. The molecule has 0 spiro atoms. The van der Waals surface area contributed by atoms with Gasteiger partial charge in [-0.1, -0.05) is 37.5 Å². The lowest BCUT2D eigenvalue weighted by atomic mass is 9.84. The van der Waals surface area contributed by atoms with Gasteiger partial charge in [-0.15, -0.1) is 0 Å². The summed E-state index contributed by atoms with van der Waals surface area (Å²) >= 11 is 1.33. The van der Waals surface area contributed by atoms with Gasteiger partial charge in [-0.25, -0.2) is 4.98 Å². The number of nitrogens with two attached hydrogens (primary N) is 1. The van der Waals surface area contributed by atoms with Crippen molar-refractivity contribution in [3.8, 4) is 0 Å². The molecule has 2 atom stereocenters. The van der Waals surface area contributed by atoms with E-state index in [0.29, 0.717) is 15.8 Å². The maximum Gasteiger partial charge on any atom is 0.265 e. The maximum atomic E-state index is 12.4. The van der Waals surface area contributed by atoms with Gasteiger partial charge in [0.05, 0.1) is 0 Å². The first-order valence-corrected chi connectivity index (χ1v) is 8.65. The third-order valence-electron chi connectivity index (χ3n) is 3.97. The van der Waals surface area contributed by atoms with Crippen LogP contribution >= 0.6 is 11.3 Å². The smallest absolute Gasteiger partial charge is 0.265 e. The van der Waals surface area contributed by atoms with Crippen LogP contribution in [0.5, 0.6) is 0 Å². The molecule has 1 aromatic rings. The average molecular weight is 310 g/mol. The van der Waals surface area contributed by atoms with Gasteiger partial charge in [0.1, 0.15) is 10.7 Å². The lowest BCUT2D eigenvalue weighted by Crippen LogP contribution is -2.38. The van der Waals surface area contributed by atoms with Crippen molar-refractivity contribution >= 4 is 28.2 Å². The number of nitrogens with one attached hydrogen (secondary N) is 2. The van der Waals surface area contributed by atoms with Gasteiger partial charge in [-0.2, -0.15) is 0 Å². The summed E-state index contributed by atoms with van der Waals surface area (Å²) in [4.78, 5) is 17.1. The summed E-state index contributed by atoms with van der Waals surface area (Å²) < 4.78 is 0. The first kappa shape index (κ1) is 16.1. The molecule has 0 radical (unpaired) electrons. The fourth-order valence-electron chi connectivity index (χ4n) is 2.85. The second-order valence-corrected chi connectivity index (χ2v) is 7.14. The van der Waals surface area contributed by atoms with Crippen molar-refractivity contribution in [3.63, 3.8) is 0 Å². The molecule has 5 nitrogen and oxygen atoms in total. The van der Waals surface area contributed by atoms with Crippen LogP contribution in [0.3, 0.4) is 0 Å².